The molecule has 2 amide bonds. The van der Waals surface area contributed by atoms with Crippen LogP contribution in [0.1, 0.15) is 33.4 Å². The van der Waals surface area contributed by atoms with E-state index in [1.165, 1.54) is 11.3 Å². The normalized spacial score (nSPS) is 10.4. The van der Waals surface area contributed by atoms with Gasteiger partial charge in [0.15, 0.2) is 0 Å². The lowest BCUT2D eigenvalue weighted by Gasteiger charge is -2.18. The maximum absolute atomic E-state index is 12.6. The Balaban J connectivity index is 2.09. The van der Waals surface area contributed by atoms with Crippen molar-refractivity contribution in [1.82, 2.24) is 5.32 Å². The van der Waals surface area contributed by atoms with Crippen molar-refractivity contribution in [2.24, 2.45) is 0 Å². The summed E-state index contributed by atoms with van der Waals surface area (Å²) < 4.78 is 5.28. The standard InChI is InChI=1S/C19H25N3O3S/c1-4-25-11-6-10-20-18(23)15-13-14(8-9-16(15)22(2)3)21-19(24)17-7-5-12-26-17/h5,7-9,12-13H,4,6,10-11H2,1-3H3,(H,20,23)(H,21,24). The highest BCUT2D eigenvalue weighted by Gasteiger charge is 2.15. The molecule has 0 spiro atoms. The van der Waals surface area contributed by atoms with Crippen LogP contribution in [0.2, 0.25) is 0 Å². The van der Waals surface area contributed by atoms with E-state index >= 15 is 0 Å². The van der Waals surface area contributed by atoms with Crippen LogP contribution in [0.25, 0.3) is 0 Å². The molecule has 1 aromatic heterocycles. The smallest absolute Gasteiger partial charge is 0.265 e. The summed E-state index contributed by atoms with van der Waals surface area (Å²) in [6.07, 6.45) is 0.756. The minimum Gasteiger partial charge on any atom is -0.382 e. The van der Waals surface area contributed by atoms with Gasteiger partial charge >= 0.3 is 0 Å². The molecule has 0 bridgehead atoms. The Kier molecular flexibility index (Phi) is 7.62. The fourth-order valence-corrected chi connectivity index (χ4v) is 3.02. The highest BCUT2D eigenvalue weighted by molar-refractivity contribution is 7.12. The Labute approximate surface area is 158 Å². The van der Waals surface area contributed by atoms with Gasteiger partial charge < -0.3 is 20.3 Å². The summed E-state index contributed by atoms with van der Waals surface area (Å²) in [6, 6.07) is 8.93. The van der Waals surface area contributed by atoms with Crippen molar-refractivity contribution in [2.75, 3.05) is 44.1 Å². The van der Waals surface area contributed by atoms with Gasteiger partial charge in [-0.2, -0.15) is 0 Å². The van der Waals surface area contributed by atoms with Crippen LogP contribution in [0.5, 0.6) is 0 Å². The van der Waals surface area contributed by atoms with Crippen molar-refractivity contribution in [3.63, 3.8) is 0 Å². The number of amides is 2. The summed E-state index contributed by atoms with van der Waals surface area (Å²) >= 11 is 1.37. The predicted octanol–water partition coefficient (Wildman–Crippen LogP) is 3.22. The molecule has 0 aliphatic heterocycles. The van der Waals surface area contributed by atoms with E-state index in [-0.39, 0.29) is 11.8 Å². The molecule has 7 heteroatoms. The quantitative estimate of drug-likeness (QED) is 0.660. The Hall–Kier alpha value is -2.38. The first-order valence-electron chi connectivity index (χ1n) is 8.55. The molecule has 0 saturated heterocycles. The topological polar surface area (TPSA) is 70.7 Å². The zero-order valence-corrected chi connectivity index (χ0v) is 16.2. The number of hydrogen-bond acceptors (Lipinski definition) is 5. The second kappa shape index (κ2) is 9.94. The van der Waals surface area contributed by atoms with Crippen LogP contribution in [-0.2, 0) is 4.74 Å². The maximum Gasteiger partial charge on any atom is 0.265 e. The molecule has 6 nitrogen and oxygen atoms in total. The third-order valence-corrected chi connectivity index (χ3v) is 4.55. The molecule has 0 saturated carbocycles. The lowest BCUT2D eigenvalue weighted by Crippen LogP contribution is -2.27. The largest absolute Gasteiger partial charge is 0.382 e. The molecule has 0 atom stereocenters. The fourth-order valence-electron chi connectivity index (χ4n) is 2.40. The Morgan fingerprint density at radius 3 is 2.65 bits per heavy atom. The number of anilines is 2. The average Bonchev–Trinajstić information content (AvgIpc) is 3.16. The minimum atomic E-state index is -0.180. The number of benzene rings is 1. The SMILES string of the molecule is CCOCCCNC(=O)c1cc(NC(=O)c2cccs2)ccc1N(C)C. The van der Waals surface area contributed by atoms with Gasteiger partial charge in [-0.25, -0.2) is 0 Å². The van der Waals surface area contributed by atoms with Crippen LogP contribution in [0, 0.1) is 0 Å². The summed E-state index contributed by atoms with van der Waals surface area (Å²) in [5.41, 5.74) is 1.91. The van der Waals surface area contributed by atoms with Crippen LogP contribution in [0.15, 0.2) is 35.7 Å². The molecular weight excluding hydrogens is 350 g/mol. The van der Waals surface area contributed by atoms with Crippen molar-refractivity contribution in [3.8, 4) is 0 Å². The summed E-state index contributed by atoms with van der Waals surface area (Å²) in [7, 11) is 3.76. The fraction of sp³-hybridized carbons (Fsp3) is 0.368. The first-order chi connectivity index (χ1) is 12.5. The molecule has 2 N–H and O–H groups in total. The number of thiophene rings is 1. The van der Waals surface area contributed by atoms with Gasteiger partial charge in [0.2, 0.25) is 0 Å². The molecule has 2 aromatic rings. The molecule has 0 unspecified atom stereocenters. The summed E-state index contributed by atoms with van der Waals surface area (Å²) in [4.78, 5) is 27.3. The van der Waals surface area contributed by atoms with Crippen LogP contribution < -0.4 is 15.5 Å². The molecule has 0 radical (unpaired) electrons. The van der Waals surface area contributed by atoms with E-state index in [2.05, 4.69) is 10.6 Å². The predicted molar refractivity (Wildman–Crippen MR) is 106 cm³/mol. The molecule has 1 aromatic carbocycles. The van der Waals surface area contributed by atoms with E-state index in [0.717, 1.165) is 12.1 Å². The maximum atomic E-state index is 12.6. The van der Waals surface area contributed by atoms with E-state index in [1.807, 2.05) is 43.4 Å². The molecular formula is C19H25N3O3S. The van der Waals surface area contributed by atoms with Crippen molar-refractivity contribution >= 4 is 34.5 Å². The highest BCUT2D eigenvalue weighted by Crippen LogP contribution is 2.24. The van der Waals surface area contributed by atoms with Crippen molar-refractivity contribution in [3.05, 3.63) is 46.2 Å². The number of ether oxygens (including phenoxy) is 1. The zero-order valence-electron chi connectivity index (χ0n) is 15.4. The monoisotopic (exact) mass is 375 g/mol. The van der Waals surface area contributed by atoms with Gasteiger partial charge in [0.1, 0.15) is 0 Å². The van der Waals surface area contributed by atoms with Crippen LogP contribution in [0.3, 0.4) is 0 Å². The van der Waals surface area contributed by atoms with Crippen molar-refractivity contribution in [2.45, 2.75) is 13.3 Å². The van der Waals surface area contributed by atoms with Gasteiger partial charge in [0.25, 0.3) is 11.8 Å². The minimum absolute atomic E-state index is 0.169. The van der Waals surface area contributed by atoms with Crippen molar-refractivity contribution < 1.29 is 14.3 Å². The van der Waals surface area contributed by atoms with Crippen molar-refractivity contribution in [1.29, 1.82) is 0 Å². The van der Waals surface area contributed by atoms with E-state index in [9.17, 15) is 9.59 Å². The second-order valence-corrected chi connectivity index (χ2v) is 6.81. The lowest BCUT2D eigenvalue weighted by molar-refractivity contribution is 0.0943. The van der Waals surface area contributed by atoms with E-state index in [0.29, 0.717) is 35.9 Å². The molecule has 140 valence electrons. The Morgan fingerprint density at radius 2 is 2.00 bits per heavy atom. The second-order valence-electron chi connectivity index (χ2n) is 5.86. The summed E-state index contributed by atoms with van der Waals surface area (Å²) in [6.45, 7) is 3.77. The van der Waals surface area contributed by atoms with Crippen LogP contribution in [0.4, 0.5) is 11.4 Å². The molecule has 1 heterocycles. The number of carbonyl (C=O) groups is 2. The van der Waals surface area contributed by atoms with Gasteiger partial charge in [-0.3, -0.25) is 9.59 Å². The van der Waals surface area contributed by atoms with E-state index < -0.39 is 0 Å². The first-order valence-corrected chi connectivity index (χ1v) is 9.43. The van der Waals surface area contributed by atoms with Gasteiger partial charge in [0, 0.05) is 45.2 Å². The number of nitrogens with zero attached hydrogens (tertiary/aromatic N) is 1. The van der Waals surface area contributed by atoms with Gasteiger partial charge in [-0.1, -0.05) is 6.07 Å². The van der Waals surface area contributed by atoms with Gasteiger partial charge in [-0.05, 0) is 43.0 Å². The van der Waals surface area contributed by atoms with Gasteiger partial charge in [0.05, 0.1) is 10.4 Å². The third kappa shape index (κ3) is 5.57. The van der Waals surface area contributed by atoms with Crippen LogP contribution >= 0.6 is 11.3 Å². The average molecular weight is 375 g/mol. The zero-order chi connectivity index (χ0) is 18.9. The highest BCUT2D eigenvalue weighted by atomic mass is 32.1. The number of nitrogens with one attached hydrogen (secondary N) is 2. The lowest BCUT2D eigenvalue weighted by atomic mass is 10.1. The molecule has 0 fully saturated rings. The number of carbonyl (C=O) groups excluding carboxylic acids is 2. The third-order valence-electron chi connectivity index (χ3n) is 3.68. The van der Waals surface area contributed by atoms with E-state index in [1.54, 1.807) is 18.2 Å². The summed E-state index contributed by atoms with van der Waals surface area (Å²) in [5, 5.41) is 7.60. The molecule has 0 aliphatic rings. The molecule has 26 heavy (non-hydrogen) atoms. The summed E-state index contributed by atoms with van der Waals surface area (Å²) in [5.74, 6) is -0.349. The van der Waals surface area contributed by atoms with E-state index in [4.69, 9.17) is 4.74 Å². The number of hydrogen-bond donors (Lipinski definition) is 2. The Bertz CT molecular complexity index is 730. The Morgan fingerprint density at radius 1 is 1.19 bits per heavy atom. The van der Waals surface area contributed by atoms with Crippen LogP contribution in [-0.4, -0.2) is 45.7 Å². The number of rotatable bonds is 9. The molecule has 2 rings (SSSR count). The molecule has 0 aliphatic carbocycles. The first kappa shape index (κ1) is 19.9. The van der Waals surface area contributed by atoms with Gasteiger partial charge in [-0.15, -0.1) is 11.3 Å².